The summed E-state index contributed by atoms with van der Waals surface area (Å²) in [6, 6.07) is 0. The number of hydrogen-bond acceptors (Lipinski definition) is 7. The van der Waals surface area contributed by atoms with E-state index in [-0.39, 0.29) is 19.0 Å². The second kappa shape index (κ2) is 23.6. The van der Waals surface area contributed by atoms with E-state index in [2.05, 4.69) is 13.5 Å². The van der Waals surface area contributed by atoms with Gasteiger partial charge in [-0.1, -0.05) is 96.6 Å². The first-order chi connectivity index (χ1) is 17.7. The molecule has 0 bridgehead atoms. The van der Waals surface area contributed by atoms with E-state index in [0.29, 0.717) is 24.5 Å². The molecule has 0 spiro atoms. The molecule has 0 amide bonds. The predicted octanol–water partition coefficient (Wildman–Crippen LogP) is 7.82. The van der Waals surface area contributed by atoms with Crippen LogP contribution in [0.15, 0.2) is 12.7 Å². The van der Waals surface area contributed by atoms with Crippen molar-refractivity contribution in [1.82, 2.24) is 0 Å². The molecule has 37 heavy (non-hydrogen) atoms. The summed E-state index contributed by atoms with van der Waals surface area (Å²) in [6.07, 6.45) is 18.5. The fraction of sp³-hybridized carbons (Fsp3) is 0.833. The molecule has 0 aliphatic rings. The average molecular weight is 543 g/mol. The second-order valence-corrected chi connectivity index (χ2v) is 11.8. The van der Waals surface area contributed by atoms with Gasteiger partial charge in [0.25, 0.3) is 0 Å². The molecule has 0 N–H and O–H groups in total. The van der Waals surface area contributed by atoms with Crippen molar-refractivity contribution in [2.45, 2.75) is 130 Å². The molecule has 0 saturated carbocycles. The van der Waals surface area contributed by atoms with Gasteiger partial charge in [-0.3, -0.25) is 14.4 Å². The molecule has 7 heteroatoms. The van der Waals surface area contributed by atoms with E-state index in [0.717, 1.165) is 12.8 Å². The van der Waals surface area contributed by atoms with E-state index in [4.69, 9.17) is 14.2 Å². The molecule has 0 aliphatic carbocycles. The number of carbonyl (C=O) groups excluding carboxylic acids is 3. The molecule has 0 aromatic heterocycles. The Kier molecular flexibility index (Phi) is 22.6. The summed E-state index contributed by atoms with van der Waals surface area (Å²) in [5, 5.41) is 0. The molecule has 0 unspecified atom stereocenters. The van der Waals surface area contributed by atoms with E-state index < -0.39 is 23.5 Å². The quantitative estimate of drug-likeness (QED) is 0.0532. The smallest absolute Gasteiger partial charge is 0.310 e. The zero-order valence-electron chi connectivity index (χ0n) is 24.2. The van der Waals surface area contributed by atoms with Gasteiger partial charge in [-0.05, 0) is 27.2 Å². The molecular weight excluding hydrogens is 488 g/mol. The first-order valence-corrected chi connectivity index (χ1v) is 15.6. The number of rotatable bonds is 24. The summed E-state index contributed by atoms with van der Waals surface area (Å²) in [5.41, 5.74) is -0.610. The Morgan fingerprint density at radius 1 is 0.811 bits per heavy atom. The highest BCUT2D eigenvalue weighted by Crippen LogP contribution is 2.18. The minimum atomic E-state index is -0.610. The molecular formula is C30H54O6S. The average Bonchev–Trinajstić information content (AvgIpc) is 2.83. The summed E-state index contributed by atoms with van der Waals surface area (Å²) >= 11 is 1.46. The van der Waals surface area contributed by atoms with Crippen molar-refractivity contribution in [2.24, 2.45) is 5.92 Å². The predicted molar refractivity (Wildman–Crippen MR) is 154 cm³/mol. The molecule has 0 aliphatic heterocycles. The minimum absolute atomic E-state index is 0.0426. The lowest BCUT2D eigenvalue weighted by molar-refractivity contribution is -0.160. The molecule has 0 heterocycles. The fourth-order valence-corrected chi connectivity index (χ4v) is 4.76. The lowest BCUT2D eigenvalue weighted by Gasteiger charge is -2.21. The van der Waals surface area contributed by atoms with E-state index in [1.807, 2.05) is 0 Å². The van der Waals surface area contributed by atoms with E-state index >= 15 is 0 Å². The zero-order chi connectivity index (χ0) is 27.8. The maximum Gasteiger partial charge on any atom is 0.310 e. The van der Waals surface area contributed by atoms with Crippen LogP contribution in [0.1, 0.15) is 124 Å². The lowest BCUT2D eigenvalue weighted by Crippen LogP contribution is -2.29. The van der Waals surface area contributed by atoms with Crippen molar-refractivity contribution in [3.8, 4) is 0 Å². The van der Waals surface area contributed by atoms with E-state index in [1.54, 1.807) is 20.8 Å². The van der Waals surface area contributed by atoms with Gasteiger partial charge in [0.1, 0.15) is 18.8 Å². The Bertz CT molecular complexity index is 614. The molecule has 0 aromatic rings. The third-order valence-corrected chi connectivity index (χ3v) is 6.90. The van der Waals surface area contributed by atoms with Gasteiger partial charge in [0, 0.05) is 17.9 Å². The number of ether oxygens (including phenoxy) is 3. The minimum Gasteiger partial charge on any atom is -0.465 e. The molecule has 1 atom stereocenters. The Morgan fingerprint density at radius 3 is 1.86 bits per heavy atom. The Hall–Kier alpha value is -1.50. The highest BCUT2D eigenvalue weighted by Gasteiger charge is 2.26. The first kappa shape index (κ1) is 35.5. The summed E-state index contributed by atoms with van der Waals surface area (Å²) in [7, 11) is 0. The van der Waals surface area contributed by atoms with Crippen LogP contribution in [-0.2, 0) is 28.6 Å². The van der Waals surface area contributed by atoms with Crippen molar-refractivity contribution in [2.75, 3.05) is 24.7 Å². The fourth-order valence-electron chi connectivity index (χ4n) is 3.85. The third kappa shape index (κ3) is 24.6. The van der Waals surface area contributed by atoms with Crippen LogP contribution in [0.4, 0.5) is 0 Å². The Balaban J connectivity index is 3.85. The molecule has 0 aromatic carbocycles. The highest BCUT2D eigenvalue weighted by molar-refractivity contribution is 7.99. The summed E-state index contributed by atoms with van der Waals surface area (Å²) in [6.45, 7) is 11.6. The van der Waals surface area contributed by atoms with Crippen LogP contribution in [0.25, 0.3) is 0 Å². The second-order valence-electron chi connectivity index (χ2n) is 10.7. The number of esters is 3. The highest BCUT2D eigenvalue weighted by atomic mass is 32.2. The van der Waals surface area contributed by atoms with Gasteiger partial charge in [0.2, 0.25) is 0 Å². The van der Waals surface area contributed by atoms with Crippen LogP contribution in [-0.4, -0.2) is 48.2 Å². The van der Waals surface area contributed by atoms with Gasteiger partial charge in [-0.25, -0.2) is 0 Å². The molecule has 0 radical (unpaired) electrons. The first-order valence-electron chi connectivity index (χ1n) is 14.4. The van der Waals surface area contributed by atoms with E-state index in [1.165, 1.54) is 88.5 Å². The number of thioether (sulfide) groups is 1. The Labute approximate surface area is 231 Å². The van der Waals surface area contributed by atoms with E-state index in [9.17, 15) is 14.4 Å². The largest absolute Gasteiger partial charge is 0.465 e. The molecule has 216 valence electrons. The monoisotopic (exact) mass is 542 g/mol. The van der Waals surface area contributed by atoms with Crippen LogP contribution < -0.4 is 0 Å². The van der Waals surface area contributed by atoms with Gasteiger partial charge >= 0.3 is 17.9 Å². The molecule has 0 saturated heterocycles. The van der Waals surface area contributed by atoms with Gasteiger partial charge in [-0.15, -0.1) is 0 Å². The zero-order valence-corrected chi connectivity index (χ0v) is 25.0. The SMILES string of the molecule is C=CCOC(=O)[C@H](CSCCOC(=O)CCCCCCCCCCCCCCC)CC(=O)OC(C)(C)C. The van der Waals surface area contributed by atoms with Gasteiger partial charge in [-0.2, -0.15) is 11.8 Å². The van der Waals surface area contributed by atoms with Crippen molar-refractivity contribution in [3.05, 3.63) is 12.7 Å². The summed E-state index contributed by atoms with van der Waals surface area (Å²) in [4.78, 5) is 36.4. The van der Waals surface area contributed by atoms with Crippen molar-refractivity contribution in [3.63, 3.8) is 0 Å². The van der Waals surface area contributed by atoms with Crippen LogP contribution in [0.2, 0.25) is 0 Å². The van der Waals surface area contributed by atoms with Gasteiger partial charge in [0.15, 0.2) is 0 Å². The number of unbranched alkanes of at least 4 members (excludes halogenated alkanes) is 12. The van der Waals surface area contributed by atoms with Gasteiger partial charge in [0.05, 0.1) is 12.3 Å². The molecule has 0 rings (SSSR count). The number of carbonyl (C=O) groups is 3. The maximum absolute atomic E-state index is 12.3. The van der Waals surface area contributed by atoms with Crippen molar-refractivity contribution < 1.29 is 28.6 Å². The number of hydrogen-bond donors (Lipinski definition) is 0. The van der Waals surface area contributed by atoms with Crippen LogP contribution >= 0.6 is 11.8 Å². The van der Waals surface area contributed by atoms with Crippen molar-refractivity contribution >= 4 is 29.7 Å². The standard InChI is InChI=1S/C30H54O6S/c1-6-8-9-10-11-12-13-14-15-16-17-18-19-20-27(31)34-22-23-37-25-26(29(33)35-21-7-2)24-28(32)36-30(3,4)5/h7,26H,2,6,8-25H2,1,3-5H3/t26-/m0/s1. The normalized spacial score (nSPS) is 12.1. The van der Waals surface area contributed by atoms with Crippen LogP contribution in [0.5, 0.6) is 0 Å². The van der Waals surface area contributed by atoms with Crippen LogP contribution in [0.3, 0.4) is 0 Å². The topological polar surface area (TPSA) is 78.9 Å². The third-order valence-electron chi connectivity index (χ3n) is 5.80. The molecule has 6 nitrogen and oxygen atoms in total. The van der Waals surface area contributed by atoms with Crippen LogP contribution in [0, 0.1) is 5.92 Å². The Morgan fingerprint density at radius 2 is 1.35 bits per heavy atom. The summed E-state index contributed by atoms with van der Waals surface area (Å²) < 4.78 is 15.8. The summed E-state index contributed by atoms with van der Waals surface area (Å²) in [5.74, 6) is -0.702. The van der Waals surface area contributed by atoms with Gasteiger partial charge < -0.3 is 14.2 Å². The molecule has 0 fully saturated rings. The van der Waals surface area contributed by atoms with Crippen molar-refractivity contribution in [1.29, 1.82) is 0 Å². The maximum atomic E-state index is 12.3. The lowest BCUT2D eigenvalue weighted by atomic mass is 10.0.